The highest BCUT2D eigenvalue weighted by Crippen LogP contribution is 2.31. The van der Waals surface area contributed by atoms with Gasteiger partial charge in [-0.25, -0.2) is 12.8 Å². The number of nitrogens with zero attached hydrogens (tertiary/aromatic N) is 1. The second-order valence-electron chi connectivity index (χ2n) is 3.73. The predicted molar refractivity (Wildman–Crippen MR) is 57.0 cm³/mol. The van der Waals surface area contributed by atoms with Crippen LogP contribution < -0.4 is 4.31 Å². The number of hydrogen-bond acceptors (Lipinski definition) is 2. The number of fused-ring (bicyclic) bond motifs is 1. The third-order valence-electron chi connectivity index (χ3n) is 2.78. The van der Waals surface area contributed by atoms with Gasteiger partial charge in [-0.3, -0.25) is 4.31 Å². The zero-order chi connectivity index (χ0) is 11.2. The topological polar surface area (TPSA) is 37.4 Å². The Morgan fingerprint density at radius 1 is 1.40 bits per heavy atom. The molecule has 0 bridgehead atoms. The SMILES string of the molecule is Cc1ccc2c(c1F)CCS(=O)(=O)N2C. The number of aryl methyl sites for hydroxylation is 1. The first-order valence-electron chi connectivity index (χ1n) is 4.68. The molecule has 1 aliphatic rings. The third kappa shape index (κ3) is 1.51. The van der Waals surface area contributed by atoms with Crippen molar-refractivity contribution in [1.29, 1.82) is 0 Å². The van der Waals surface area contributed by atoms with Crippen molar-refractivity contribution < 1.29 is 12.8 Å². The van der Waals surface area contributed by atoms with Crippen LogP contribution in [0.5, 0.6) is 0 Å². The number of anilines is 1. The molecule has 1 aromatic rings. The van der Waals surface area contributed by atoms with Gasteiger partial charge in [-0.1, -0.05) is 6.07 Å². The molecule has 0 unspecified atom stereocenters. The van der Waals surface area contributed by atoms with Crippen LogP contribution in [0, 0.1) is 12.7 Å². The number of hydrogen-bond donors (Lipinski definition) is 0. The summed E-state index contributed by atoms with van der Waals surface area (Å²) < 4.78 is 37.9. The number of halogens is 1. The van der Waals surface area contributed by atoms with E-state index in [-0.39, 0.29) is 18.0 Å². The van der Waals surface area contributed by atoms with Crippen LogP contribution in [0.1, 0.15) is 11.1 Å². The van der Waals surface area contributed by atoms with Gasteiger partial charge < -0.3 is 0 Å². The van der Waals surface area contributed by atoms with E-state index in [1.807, 2.05) is 0 Å². The fourth-order valence-corrected chi connectivity index (χ4v) is 2.99. The summed E-state index contributed by atoms with van der Waals surface area (Å²) >= 11 is 0. The summed E-state index contributed by atoms with van der Waals surface area (Å²) in [7, 11) is -1.78. The molecule has 1 aliphatic heterocycles. The standard InChI is InChI=1S/C10H12FNO2S/c1-7-3-4-9-8(10(7)11)5-6-15(13,14)12(9)2/h3-4H,5-6H2,1-2H3. The normalized spacial score (nSPS) is 18.7. The summed E-state index contributed by atoms with van der Waals surface area (Å²) in [6, 6.07) is 3.26. The second kappa shape index (κ2) is 3.20. The van der Waals surface area contributed by atoms with Crippen molar-refractivity contribution in [2.45, 2.75) is 13.3 Å². The molecule has 0 saturated heterocycles. The van der Waals surface area contributed by atoms with Gasteiger partial charge in [0.15, 0.2) is 0 Å². The van der Waals surface area contributed by atoms with Gasteiger partial charge in [0.05, 0.1) is 11.4 Å². The maximum atomic E-state index is 13.7. The molecule has 82 valence electrons. The van der Waals surface area contributed by atoms with Crippen molar-refractivity contribution in [2.24, 2.45) is 0 Å². The first kappa shape index (κ1) is 10.4. The molecule has 0 amide bonds. The summed E-state index contributed by atoms with van der Waals surface area (Å²) in [4.78, 5) is 0. The fraction of sp³-hybridized carbons (Fsp3) is 0.400. The number of rotatable bonds is 0. The molecule has 0 saturated carbocycles. The van der Waals surface area contributed by atoms with Crippen LogP contribution in [0.15, 0.2) is 12.1 Å². The molecular formula is C10H12FNO2S. The van der Waals surface area contributed by atoms with Crippen LogP contribution in [-0.2, 0) is 16.4 Å². The van der Waals surface area contributed by atoms with Gasteiger partial charge in [-0.05, 0) is 25.0 Å². The van der Waals surface area contributed by atoms with Crippen LogP contribution in [0.2, 0.25) is 0 Å². The van der Waals surface area contributed by atoms with Gasteiger partial charge in [0.1, 0.15) is 5.82 Å². The molecule has 0 N–H and O–H groups in total. The van der Waals surface area contributed by atoms with Gasteiger partial charge in [0.2, 0.25) is 10.0 Å². The second-order valence-corrected chi connectivity index (χ2v) is 5.85. The molecule has 15 heavy (non-hydrogen) atoms. The summed E-state index contributed by atoms with van der Waals surface area (Å²) in [5, 5.41) is 0. The van der Waals surface area contributed by atoms with E-state index in [4.69, 9.17) is 0 Å². The Bertz CT molecular complexity index is 510. The van der Waals surface area contributed by atoms with E-state index in [1.54, 1.807) is 19.1 Å². The predicted octanol–water partition coefficient (Wildman–Crippen LogP) is 1.46. The third-order valence-corrected chi connectivity index (χ3v) is 4.53. The van der Waals surface area contributed by atoms with Crippen molar-refractivity contribution in [3.63, 3.8) is 0 Å². The molecule has 2 rings (SSSR count). The highest BCUT2D eigenvalue weighted by Gasteiger charge is 2.28. The molecule has 0 spiro atoms. The van der Waals surface area contributed by atoms with E-state index in [2.05, 4.69) is 0 Å². The van der Waals surface area contributed by atoms with Crippen molar-refractivity contribution in [3.05, 3.63) is 29.1 Å². The minimum Gasteiger partial charge on any atom is -0.273 e. The number of benzene rings is 1. The smallest absolute Gasteiger partial charge is 0.235 e. The van der Waals surface area contributed by atoms with E-state index in [0.29, 0.717) is 16.8 Å². The highest BCUT2D eigenvalue weighted by atomic mass is 32.2. The first-order valence-corrected chi connectivity index (χ1v) is 6.29. The maximum Gasteiger partial charge on any atom is 0.235 e. The Morgan fingerprint density at radius 3 is 2.73 bits per heavy atom. The molecule has 1 aromatic carbocycles. The van der Waals surface area contributed by atoms with Crippen molar-refractivity contribution >= 4 is 15.7 Å². The van der Waals surface area contributed by atoms with Crippen LogP contribution in [0.25, 0.3) is 0 Å². The van der Waals surface area contributed by atoms with Gasteiger partial charge in [0.25, 0.3) is 0 Å². The molecule has 5 heteroatoms. The van der Waals surface area contributed by atoms with Crippen LogP contribution in [-0.4, -0.2) is 21.2 Å². The van der Waals surface area contributed by atoms with E-state index < -0.39 is 10.0 Å². The Kier molecular flexibility index (Phi) is 2.22. The monoisotopic (exact) mass is 229 g/mol. The average molecular weight is 229 g/mol. The quantitative estimate of drug-likeness (QED) is 0.675. The van der Waals surface area contributed by atoms with E-state index in [1.165, 1.54) is 7.05 Å². The molecule has 0 fully saturated rings. The van der Waals surface area contributed by atoms with Gasteiger partial charge >= 0.3 is 0 Å². The van der Waals surface area contributed by atoms with Gasteiger partial charge in [-0.15, -0.1) is 0 Å². The summed E-state index contributed by atoms with van der Waals surface area (Å²) in [5.41, 5.74) is 1.53. The minimum atomic E-state index is -3.24. The van der Waals surface area contributed by atoms with Crippen LogP contribution in [0.3, 0.4) is 0 Å². The molecule has 0 radical (unpaired) electrons. The zero-order valence-corrected chi connectivity index (χ0v) is 9.44. The average Bonchev–Trinajstić information content (AvgIpc) is 2.17. The van der Waals surface area contributed by atoms with Crippen molar-refractivity contribution in [2.75, 3.05) is 17.1 Å². The van der Waals surface area contributed by atoms with E-state index in [9.17, 15) is 12.8 Å². The minimum absolute atomic E-state index is 0.0170. The lowest BCUT2D eigenvalue weighted by Gasteiger charge is -2.27. The largest absolute Gasteiger partial charge is 0.273 e. The molecule has 0 aliphatic carbocycles. The van der Waals surface area contributed by atoms with Crippen LogP contribution in [0.4, 0.5) is 10.1 Å². The Balaban J connectivity index is 2.65. The molecule has 1 heterocycles. The summed E-state index contributed by atoms with van der Waals surface area (Å²) in [5.74, 6) is -0.300. The molecule has 0 atom stereocenters. The van der Waals surface area contributed by atoms with Gasteiger partial charge in [-0.2, -0.15) is 0 Å². The lowest BCUT2D eigenvalue weighted by Crippen LogP contribution is -2.35. The number of sulfonamides is 1. The Labute approximate surface area is 88.6 Å². The zero-order valence-electron chi connectivity index (χ0n) is 8.62. The van der Waals surface area contributed by atoms with E-state index in [0.717, 1.165) is 4.31 Å². The maximum absolute atomic E-state index is 13.7. The summed E-state index contributed by atoms with van der Waals surface area (Å²) in [6.07, 6.45) is 0.259. The van der Waals surface area contributed by atoms with E-state index >= 15 is 0 Å². The van der Waals surface area contributed by atoms with Crippen LogP contribution >= 0.6 is 0 Å². The summed E-state index contributed by atoms with van der Waals surface area (Å²) in [6.45, 7) is 1.68. The fourth-order valence-electron chi connectivity index (χ4n) is 1.78. The van der Waals surface area contributed by atoms with Crippen molar-refractivity contribution in [3.8, 4) is 0 Å². The molecule has 0 aromatic heterocycles. The molecule has 3 nitrogen and oxygen atoms in total. The highest BCUT2D eigenvalue weighted by molar-refractivity contribution is 7.92. The first-order chi connectivity index (χ1) is 6.93. The Morgan fingerprint density at radius 2 is 2.07 bits per heavy atom. The van der Waals surface area contributed by atoms with Gasteiger partial charge in [0, 0.05) is 12.6 Å². The Hall–Kier alpha value is -1.10. The lowest BCUT2D eigenvalue weighted by molar-refractivity contribution is 0.581. The molecular weight excluding hydrogens is 217 g/mol. The lowest BCUT2D eigenvalue weighted by atomic mass is 10.1. The van der Waals surface area contributed by atoms with Crippen molar-refractivity contribution in [1.82, 2.24) is 0 Å².